The smallest absolute Gasteiger partial charge is 0.242 e. The fourth-order valence-electron chi connectivity index (χ4n) is 2.60. The van der Waals surface area contributed by atoms with Crippen LogP contribution in [0, 0.1) is 5.92 Å². The van der Waals surface area contributed by atoms with E-state index in [2.05, 4.69) is 31.4 Å². The lowest BCUT2D eigenvalue weighted by Crippen LogP contribution is -2.47. The zero-order valence-corrected chi connectivity index (χ0v) is 15.3. The molecule has 24 heavy (non-hydrogen) atoms. The minimum Gasteiger partial charge on any atom is -0.354 e. The molecule has 0 heterocycles. The van der Waals surface area contributed by atoms with Gasteiger partial charge in [-0.05, 0) is 30.7 Å². The van der Waals surface area contributed by atoms with Gasteiger partial charge in [0.25, 0.3) is 0 Å². The molecule has 1 aromatic carbocycles. The Labute approximate surface area is 146 Å². The minimum atomic E-state index is -0.435. The second-order valence-corrected chi connectivity index (χ2v) is 6.73. The van der Waals surface area contributed by atoms with Crippen molar-refractivity contribution in [1.82, 2.24) is 10.6 Å². The van der Waals surface area contributed by atoms with Crippen molar-refractivity contribution in [1.29, 1.82) is 0 Å². The summed E-state index contributed by atoms with van der Waals surface area (Å²) in [5.74, 6) is 0.251. The fourth-order valence-corrected chi connectivity index (χ4v) is 2.60. The molecule has 0 saturated carbocycles. The third-order valence-electron chi connectivity index (χ3n) is 3.92. The molecule has 1 unspecified atom stereocenters. The Bertz CT molecular complexity index is 486. The van der Waals surface area contributed by atoms with E-state index in [9.17, 15) is 9.59 Å². The molecule has 134 valence electrons. The molecule has 0 aromatic heterocycles. The highest BCUT2D eigenvalue weighted by Gasteiger charge is 2.21. The molecule has 1 rings (SSSR count). The molecule has 2 amide bonds. The highest BCUT2D eigenvalue weighted by molar-refractivity contribution is 5.87. The minimum absolute atomic E-state index is 0.0210. The number of nitrogens with one attached hydrogen (secondary N) is 2. The standard InChI is InChI=1S/C20H32N2O2/c1-4-5-7-12-19(23)22-18(15-16(2)3)20(24)21-14-13-17-10-8-6-9-11-17/h6,8-11,16,18H,4-5,7,12-15H2,1-3H3,(H,21,24)(H,22,23). The summed E-state index contributed by atoms with van der Waals surface area (Å²) >= 11 is 0. The van der Waals surface area contributed by atoms with Crippen LogP contribution in [0.2, 0.25) is 0 Å². The molecule has 0 aliphatic carbocycles. The lowest BCUT2D eigenvalue weighted by molar-refractivity contribution is -0.129. The maximum Gasteiger partial charge on any atom is 0.242 e. The van der Waals surface area contributed by atoms with E-state index in [1.165, 1.54) is 5.56 Å². The third kappa shape index (κ3) is 8.70. The van der Waals surface area contributed by atoms with E-state index in [1.54, 1.807) is 0 Å². The van der Waals surface area contributed by atoms with Gasteiger partial charge in [-0.3, -0.25) is 9.59 Å². The fraction of sp³-hybridized carbons (Fsp3) is 0.600. The largest absolute Gasteiger partial charge is 0.354 e. The highest BCUT2D eigenvalue weighted by atomic mass is 16.2. The number of carbonyl (C=O) groups excluding carboxylic acids is 2. The second-order valence-electron chi connectivity index (χ2n) is 6.73. The topological polar surface area (TPSA) is 58.2 Å². The van der Waals surface area contributed by atoms with E-state index in [1.807, 2.05) is 30.3 Å². The summed E-state index contributed by atoms with van der Waals surface area (Å²) in [5.41, 5.74) is 1.20. The molecular formula is C20H32N2O2. The van der Waals surface area contributed by atoms with Crippen molar-refractivity contribution >= 4 is 11.8 Å². The van der Waals surface area contributed by atoms with E-state index in [0.29, 0.717) is 25.3 Å². The summed E-state index contributed by atoms with van der Waals surface area (Å²) in [7, 11) is 0. The average molecular weight is 332 g/mol. The number of amides is 2. The van der Waals surface area contributed by atoms with Gasteiger partial charge in [0.2, 0.25) is 11.8 Å². The first-order valence-electron chi connectivity index (χ1n) is 9.14. The van der Waals surface area contributed by atoms with E-state index in [-0.39, 0.29) is 11.8 Å². The van der Waals surface area contributed by atoms with Crippen LogP contribution in [0.4, 0.5) is 0 Å². The van der Waals surface area contributed by atoms with Crippen molar-refractivity contribution in [3.05, 3.63) is 35.9 Å². The molecule has 1 aromatic rings. The summed E-state index contributed by atoms with van der Waals surface area (Å²) in [5, 5.41) is 5.86. The number of benzene rings is 1. The van der Waals surface area contributed by atoms with Crippen LogP contribution >= 0.6 is 0 Å². The molecule has 0 radical (unpaired) electrons. The molecule has 4 nitrogen and oxygen atoms in total. The van der Waals surface area contributed by atoms with Gasteiger partial charge in [-0.25, -0.2) is 0 Å². The maximum absolute atomic E-state index is 12.4. The maximum atomic E-state index is 12.4. The number of unbranched alkanes of at least 4 members (excludes halogenated alkanes) is 2. The molecule has 0 aliphatic rings. The molecule has 4 heteroatoms. The second kappa shape index (κ2) is 11.7. The van der Waals surface area contributed by atoms with Gasteiger partial charge in [-0.15, -0.1) is 0 Å². The Morgan fingerprint density at radius 1 is 1.08 bits per heavy atom. The first-order valence-corrected chi connectivity index (χ1v) is 9.14. The van der Waals surface area contributed by atoms with E-state index < -0.39 is 6.04 Å². The first-order chi connectivity index (χ1) is 11.5. The number of rotatable bonds is 11. The quantitative estimate of drug-likeness (QED) is 0.610. The lowest BCUT2D eigenvalue weighted by Gasteiger charge is -2.20. The van der Waals surface area contributed by atoms with Crippen molar-refractivity contribution in [2.24, 2.45) is 5.92 Å². The molecule has 0 saturated heterocycles. The summed E-state index contributed by atoms with van der Waals surface area (Å²) in [6.45, 7) is 6.82. The van der Waals surface area contributed by atoms with E-state index in [0.717, 1.165) is 25.7 Å². The zero-order valence-electron chi connectivity index (χ0n) is 15.3. The molecule has 2 N–H and O–H groups in total. The van der Waals surface area contributed by atoms with Crippen molar-refractivity contribution in [3.8, 4) is 0 Å². The first kappa shape index (κ1) is 20.2. The van der Waals surface area contributed by atoms with Crippen LogP contribution in [0.5, 0.6) is 0 Å². The SMILES string of the molecule is CCCCCC(=O)NC(CC(C)C)C(=O)NCCc1ccccc1. The van der Waals surface area contributed by atoms with Gasteiger partial charge in [0.05, 0.1) is 0 Å². The van der Waals surface area contributed by atoms with Gasteiger partial charge < -0.3 is 10.6 Å². The van der Waals surface area contributed by atoms with Crippen LogP contribution in [0.1, 0.15) is 58.4 Å². The van der Waals surface area contributed by atoms with Crippen molar-refractivity contribution < 1.29 is 9.59 Å². The van der Waals surface area contributed by atoms with Gasteiger partial charge in [-0.1, -0.05) is 63.9 Å². The number of hydrogen-bond donors (Lipinski definition) is 2. The Hall–Kier alpha value is -1.84. The molecule has 0 bridgehead atoms. The average Bonchev–Trinajstić information content (AvgIpc) is 2.55. The summed E-state index contributed by atoms with van der Waals surface area (Å²) in [4.78, 5) is 24.4. The predicted octanol–water partition coefficient (Wildman–Crippen LogP) is 3.46. The number of hydrogen-bond acceptors (Lipinski definition) is 2. The van der Waals surface area contributed by atoms with Crippen LogP contribution in [0.25, 0.3) is 0 Å². The summed E-state index contributed by atoms with van der Waals surface area (Å²) < 4.78 is 0. The van der Waals surface area contributed by atoms with Gasteiger partial charge in [-0.2, -0.15) is 0 Å². The van der Waals surface area contributed by atoms with Crippen molar-refractivity contribution in [2.75, 3.05) is 6.54 Å². The predicted molar refractivity (Wildman–Crippen MR) is 98.7 cm³/mol. The van der Waals surface area contributed by atoms with Gasteiger partial charge in [0, 0.05) is 13.0 Å². The monoisotopic (exact) mass is 332 g/mol. The Kier molecular flexibility index (Phi) is 9.81. The van der Waals surface area contributed by atoms with E-state index in [4.69, 9.17) is 0 Å². The van der Waals surface area contributed by atoms with Crippen LogP contribution in [0.15, 0.2) is 30.3 Å². The Morgan fingerprint density at radius 3 is 2.42 bits per heavy atom. The normalized spacial score (nSPS) is 12.0. The van der Waals surface area contributed by atoms with Crippen molar-refractivity contribution in [2.45, 2.75) is 65.3 Å². The lowest BCUT2D eigenvalue weighted by atomic mass is 10.0. The van der Waals surface area contributed by atoms with Gasteiger partial charge in [0.15, 0.2) is 0 Å². The molecule has 0 fully saturated rings. The van der Waals surface area contributed by atoms with E-state index >= 15 is 0 Å². The molecule has 1 atom stereocenters. The van der Waals surface area contributed by atoms with Crippen LogP contribution in [-0.2, 0) is 16.0 Å². The molecular weight excluding hydrogens is 300 g/mol. The summed E-state index contributed by atoms with van der Waals surface area (Å²) in [6, 6.07) is 9.63. The molecule has 0 aliphatic heterocycles. The Balaban J connectivity index is 2.44. The third-order valence-corrected chi connectivity index (χ3v) is 3.92. The summed E-state index contributed by atoms with van der Waals surface area (Å²) in [6.07, 6.45) is 4.97. The zero-order chi connectivity index (χ0) is 17.8. The highest BCUT2D eigenvalue weighted by Crippen LogP contribution is 2.07. The Morgan fingerprint density at radius 2 is 1.79 bits per heavy atom. The van der Waals surface area contributed by atoms with Crippen molar-refractivity contribution in [3.63, 3.8) is 0 Å². The number of carbonyl (C=O) groups is 2. The van der Waals surface area contributed by atoms with Crippen LogP contribution < -0.4 is 10.6 Å². The van der Waals surface area contributed by atoms with Gasteiger partial charge >= 0.3 is 0 Å². The van der Waals surface area contributed by atoms with Gasteiger partial charge in [0.1, 0.15) is 6.04 Å². The van der Waals surface area contributed by atoms with Crippen LogP contribution in [-0.4, -0.2) is 24.4 Å². The van der Waals surface area contributed by atoms with Crippen LogP contribution in [0.3, 0.4) is 0 Å². The molecule has 0 spiro atoms.